The van der Waals surface area contributed by atoms with E-state index in [-0.39, 0.29) is 11.9 Å². The first-order valence-corrected chi connectivity index (χ1v) is 8.18. The number of hydrogen-bond acceptors (Lipinski definition) is 4. The van der Waals surface area contributed by atoms with Crippen LogP contribution in [-0.4, -0.2) is 47.1 Å². The van der Waals surface area contributed by atoms with Crippen molar-refractivity contribution in [3.63, 3.8) is 0 Å². The van der Waals surface area contributed by atoms with Gasteiger partial charge in [0.2, 0.25) is 5.91 Å². The quantitative estimate of drug-likeness (QED) is 0.727. The van der Waals surface area contributed by atoms with Crippen LogP contribution in [0.5, 0.6) is 0 Å². The summed E-state index contributed by atoms with van der Waals surface area (Å²) in [5.74, 6) is 0.741. The average Bonchev–Trinajstić information content (AvgIpc) is 2.48. The zero-order valence-corrected chi connectivity index (χ0v) is 12.6. The van der Waals surface area contributed by atoms with Crippen LogP contribution in [0.25, 0.3) is 0 Å². The van der Waals surface area contributed by atoms with Gasteiger partial charge in [-0.2, -0.15) is 11.8 Å². The van der Waals surface area contributed by atoms with Gasteiger partial charge in [0.15, 0.2) is 0 Å². The van der Waals surface area contributed by atoms with E-state index in [0.717, 1.165) is 23.6 Å². The third-order valence-corrected chi connectivity index (χ3v) is 4.48. The lowest BCUT2D eigenvalue weighted by Gasteiger charge is -2.23. The Labute approximate surface area is 128 Å². The second-order valence-electron chi connectivity index (χ2n) is 5.08. The van der Waals surface area contributed by atoms with Crippen LogP contribution in [-0.2, 0) is 16.0 Å². The molecule has 1 aromatic rings. The van der Waals surface area contributed by atoms with Crippen molar-refractivity contribution in [2.24, 2.45) is 0 Å². The fraction of sp³-hybridized carbons (Fsp3) is 0.467. The normalized spacial score (nSPS) is 19.7. The van der Waals surface area contributed by atoms with Gasteiger partial charge >= 0.3 is 5.97 Å². The fourth-order valence-electron chi connectivity index (χ4n) is 2.28. The maximum Gasteiger partial charge on any atom is 0.326 e. The predicted octanol–water partition coefficient (Wildman–Crippen LogP) is 0.894. The van der Waals surface area contributed by atoms with Crippen molar-refractivity contribution in [1.82, 2.24) is 10.6 Å². The summed E-state index contributed by atoms with van der Waals surface area (Å²) < 4.78 is 0. The second-order valence-corrected chi connectivity index (χ2v) is 6.23. The Hall–Kier alpha value is -1.53. The Morgan fingerprint density at radius 1 is 1.38 bits per heavy atom. The first-order chi connectivity index (χ1) is 10.1. The predicted molar refractivity (Wildman–Crippen MR) is 83.4 cm³/mol. The molecule has 1 aromatic carbocycles. The second kappa shape index (κ2) is 8.05. The van der Waals surface area contributed by atoms with Gasteiger partial charge in [-0.3, -0.25) is 4.79 Å². The first kappa shape index (κ1) is 15.9. The van der Waals surface area contributed by atoms with Crippen LogP contribution in [0, 0.1) is 0 Å². The van der Waals surface area contributed by atoms with E-state index in [1.54, 1.807) is 0 Å². The van der Waals surface area contributed by atoms with Gasteiger partial charge in [0.1, 0.15) is 6.04 Å². The molecule has 2 rings (SSSR count). The van der Waals surface area contributed by atoms with E-state index in [1.807, 2.05) is 42.1 Å². The largest absolute Gasteiger partial charge is 0.480 e. The van der Waals surface area contributed by atoms with Gasteiger partial charge in [0.25, 0.3) is 0 Å². The number of carbonyl (C=O) groups excluding carboxylic acids is 1. The molecule has 0 radical (unpaired) electrons. The number of benzene rings is 1. The highest BCUT2D eigenvalue weighted by molar-refractivity contribution is 7.99. The van der Waals surface area contributed by atoms with Crippen LogP contribution in [0.1, 0.15) is 12.0 Å². The summed E-state index contributed by atoms with van der Waals surface area (Å²) in [7, 11) is 0. The molecule has 1 aliphatic heterocycles. The zero-order chi connectivity index (χ0) is 15.1. The number of thioether (sulfide) groups is 1. The van der Waals surface area contributed by atoms with E-state index in [1.165, 1.54) is 0 Å². The van der Waals surface area contributed by atoms with Crippen molar-refractivity contribution in [3.05, 3.63) is 35.9 Å². The van der Waals surface area contributed by atoms with Gasteiger partial charge in [-0.15, -0.1) is 0 Å². The molecule has 1 saturated heterocycles. The maximum atomic E-state index is 12.0. The molecular weight excluding hydrogens is 288 g/mol. The Morgan fingerprint density at radius 3 is 2.76 bits per heavy atom. The molecule has 0 aromatic heterocycles. The number of aliphatic carboxylic acids is 1. The summed E-state index contributed by atoms with van der Waals surface area (Å²) in [6.45, 7) is 0.898. The number of rotatable bonds is 6. The third-order valence-electron chi connectivity index (χ3n) is 3.35. The molecule has 2 atom stereocenters. The molecule has 0 bridgehead atoms. The van der Waals surface area contributed by atoms with Crippen molar-refractivity contribution >= 4 is 23.6 Å². The van der Waals surface area contributed by atoms with Crippen LogP contribution in [0.2, 0.25) is 0 Å². The number of amides is 1. The van der Waals surface area contributed by atoms with Gasteiger partial charge < -0.3 is 15.7 Å². The van der Waals surface area contributed by atoms with Crippen molar-refractivity contribution in [3.8, 4) is 0 Å². The topological polar surface area (TPSA) is 78.4 Å². The molecule has 21 heavy (non-hydrogen) atoms. The number of carboxylic acids is 1. The first-order valence-electron chi connectivity index (χ1n) is 7.02. The minimum atomic E-state index is -1.00. The molecule has 6 heteroatoms. The summed E-state index contributed by atoms with van der Waals surface area (Å²) in [5.41, 5.74) is 0.900. The van der Waals surface area contributed by atoms with Crippen molar-refractivity contribution in [2.75, 3.05) is 18.1 Å². The average molecular weight is 308 g/mol. The van der Waals surface area contributed by atoms with E-state index < -0.39 is 12.0 Å². The summed E-state index contributed by atoms with van der Waals surface area (Å²) in [5, 5.41) is 15.2. The molecule has 1 amide bonds. The Bertz CT molecular complexity index is 475. The van der Waals surface area contributed by atoms with Crippen molar-refractivity contribution in [2.45, 2.75) is 24.9 Å². The zero-order valence-electron chi connectivity index (χ0n) is 11.7. The van der Waals surface area contributed by atoms with E-state index in [4.69, 9.17) is 0 Å². The summed E-state index contributed by atoms with van der Waals surface area (Å²) in [4.78, 5) is 23.3. The van der Waals surface area contributed by atoms with Crippen LogP contribution < -0.4 is 10.6 Å². The van der Waals surface area contributed by atoms with Gasteiger partial charge in [-0.1, -0.05) is 30.3 Å². The minimum absolute atomic E-state index is 0.134. The number of nitrogens with one attached hydrogen (secondary N) is 2. The molecule has 114 valence electrons. The van der Waals surface area contributed by atoms with Gasteiger partial charge in [0, 0.05) is 36.9 Å². The number of carboxylic acid groups (broad SMARTS) is 1. The van der Waals surface area contributed by atoms with Crippen molar-refractivity contribution < 1.29 is 14.7 Å². The highest BCUT2D eigenvalue weighted by atomic mass is 32.2. The molecule has 1 unspecified atom stereocenters. The lowest BCUT2D eigenvalue weighted by Crippen LogP contribution is -2.46. The standard InChI is InChI=1S/C15H20N2O3S/c18-14(9-12-10-21-7-6-16-12)17-13(15(19)20)8-11-4-2-1-3-5-11/h1-5,12-13,16H,6-10H2,(H,17,18)(H,19,20)/t12?,13-/m1/s1. The molecule has 1 heterocycles. The molecule has 1 fully saturated rings. The van der Waals surface area contributed by atoms with Crippen LogP contribution in [0.4, 0.5) is 0 Å². The Morgan fingerprint density at radius 2 is 2.14 bits per heavy atom. The van der Waals surface area contributed by atoms with E-state index in [0.29, 0.717) is 12.8 Å². The lowest BCUT2D eigenvalue weighted by atomic mass is 10.1. The van der Waals surface area contributed by atoms with Gasteiger partial charge in [-0.05, 0) is 5.56 Å². The highest BCUT2D eigenvalue weighted by Gasteiger charge is 2.23. The van der Waals surface area contributed by atoms with Crippen LogP contribution in [0.15, 0.2) is 30.3 Å². The van der Waals surface area contributed by atoms with Crippen LogP contribution in [0.3, 0.4) is 0 Å². The van der Waals surface area contributed by atoms with Gasteiger partial charge in [0.05, 0.1) is 0 Å². The third kappa shape index (κ3) is 5.40. The molecule has 0 aliphatic carbocycles. The molecule has 1 aliphatic rings. The SMILES string of the molecule is O=C(CC1CSCCN1)N[C@H](Cc1ccccc1)C(=O)O. The summed E-state index contributed by atoms with van der Waals surface area (Å²) in [6, 6.07) is 8.58. The molecule has 5 nitrogen and oxygen atoms in total. The van der Waals surface area contributed by atoms with Crippen LogP contribution >= 0.6 is 11.8 Å². The lowest BCUT2D eigenvalue weighted by molar-refractivity contribution is -0.141. The summed E-state index contributed by atoms with van der Waals surface area (Å²) in [6.07, 6.45) is 0.625. The van der Waals surface area contributed by atoms with E-state index in [9.17, 15) is 14.7 Å². The number of carbonyl (C=O) groups is 2. The van der Waals surface area contributed by atoms with Crippen molar-refractivity contribution in [1.29, 1.82) is 0 Å². The fourth-order valence-corrected chi connectivity index (χ4v) is 3.23. The smallest absolute Gasteiger partial charge is 0.326 e. The maximum absolute atomic E-state index is 12.0. The van der Waals surface area contributed by atoms with E-state index in [2.05, 4.69) is 10.6 Å². The molecule has 0 spiro atoms. The minimum Gasteiger partial charge on any atom is -0.480 e. The Kier molecular flexibility index (Phi) is 6.07. The number of hydrogen-bond donors (Lipinski definition) is 3. The molecule has 0 saturated carbocycles. The van der Waals surface area contributed by atoms with Gasteiger partial charge in [-0.25, -0.2) is 4.79 Å². The molecular formula is C15H20N2O3S. The summed E-state index contributed by atoms with van der Waals surface area (Å²) >= 11 is 1.81. The Balaban J connectivity index is 1.86. The van der Waals surface area contributed by atoms with E-state index >= 15 is 0 Å². The molecule has 3 N–H and O–H groups in total. The highest BCUT2D eigenvalue weighted by Crippen LogP contribution is 2.10. The monoisotopic (exact) mass is 308 g/mol.